The van der Waals surface area contributed by atoms with Crippen LogP contribution in [0.25, 0.3) is 0 Å². The van der Waals surface area contributed by atoms with Crippen molar-refractivity contribution in [3.8, 4) is 5.88 Å². The van der Waals surface area contributed by atoms with Gasteiger partial charge in [-0.2, -0.15) is 13.2 Å². The summed E-state index contributed by atoms with van der Waals surface area (Å²) in [6, 6.07) is 1.23. The van der Waals surface area contributed by atoms with Gasteiger partial charge in [-0.3, -0.25) is 15.0 Å². The van der Waals surface area contributed by atoms with Crippen molar-refractivity contribution in [2.45, 2.75) is 37.7 Å². The minimum atomic E-state index is -4.61. The summed E-state index contributed by atoms with van der Waals surface area (Å²) in [5.74, 6) is -0.739. The van der Waals surface area contributed by atoms with E-state index in [2.05, 4.69) is 20.3 Å². The van der Waals surface area contributed by atoms with Gasteiger partial charge in [-0.05, 0) is 25.5 Å². The first-order valence-corrected chi connectivity index (χ1v) is 11.0. The third-order valence-corrected chi connectivity index (χ3v) is 5.75. The molecule has 0 spiro atoms. The van der Waals surface area contributed by atoms with Crippen LogP contribution < -0.4 is 25.2 Å². The molecule has 0 unspecified atom stereocenters. The van der Waals surface area contributed by atoms with E-state index in [9.17, 15) is 27.9 Å². The van der Waals surface area contributed by atoms with Crippen molar-refractivity contribution >= 4 is 29.3 Å². The largest absolute Gasteiger partial charge is 0.475 e. The molecule has 3 atom stereocenters. The van der Waals surface area contributed by atoms with Gasteiger partial charge in [0.2, 0.25) is 5.88 Å². The average molecular weight is 511 g/mol. The minimum Gasteiger partial charge on any atom is -0.475 e. The Morgan fingerprint density at radius 2 is 2.08 bits per heavy atom. The number of nitrogens with zero attached hydrogens (tertiary/aromatic N) is 5. The zero-order chi connectivity index (χ0) is 26.0. The van der Waals surface area contributed by atoms with Gasteiger partial charge in [0.25, 0.3) is 5.91 Å². The van der Waals surface area contributed by atoms with Crippen molar-refractivity contribution < 1.29 is 37.7 Å². The fourth-order valence-electron chi connectivity index (χ4n) is 3.84. The predicted molar refractivity (Wildman–Crippen MR) is 120 cm³/mol. The number of carbonyl (C=O) groups excluding carboxylic acids is 2. The number of hydrogen-bond donors (Lipinski definition) is 4. The van der Waals surface area contributed by atoms with Crippen LogP contribution in [-0.2, 0) is 0 Å². The Morgan fingerprint density at radius 1 is 1.31 bits per heavy atom. The molecule has 15 heteroatoms. The van der Waals surface area contributed by atoms with Gasteiger partial charge >= 0.3 is 12.2 Å². The van der Waals surface area contributed by atoms with E-state index in [1.54, 1.807) is 6.07 Å². The second-order valence-corrected chi connectivity index (χ2v) is 8.35. The van der Waals surface area contributed by atoms with E-state index in [4.69, 9.17) is 9.84 Å². The summed E-state index contributed by atoms with van der Waals surface area (Å²) >= 11 is 0. The van der Waals surface area contributed by atoms with Gasteiger partial charge < -0.3 is 25.2 Å². The third kappa shape index (κ3) is 5.41. The summed E-state index contributed by atoms with van der Waals surface area (Å²) in [6.07, 6.45) is -3.96. The number of aliphatic hydroxyl groups is 2. The summed E-state index contributed by atoms with van der Waals surface area (Å²) in [5, 5.41) is 22.8. The van der Waals surface area contributed by atoms with Crippen molar-refractivity contribution in [3.05, 3.63) is 30.2 Å². The summed E-state index contributed by atoms with van der Waals surface area (Å²) in [4.78, 5) is 41.1. The summed E-state index contributed by atoms with van der Waals surface area (Å²) in [6.45, 7) is 1.27. The van der Waals surface area contributed by atoms with Crippen LogP contribution in [0.15, 0.2) is 24.5 Å². The molecule has 0 aliphatic carbocycles. The second-order valence-electron chi connectivity index (χ2n) is 8.35. The molecule has 1 fully saturated rings. The molecular weight excluding hydrogens is 487 g/mol. The number of hydrogen-bond acceptors (Lipinski definition) is 9. The zero-order valence-electron chi connectivity index (χ0n) is 19.1. The molecule has 36 heavy (non-hydrogen) atoms. The second kappa shape index (κ2) is 10.1. The first-order valence-electron chi connectivity index (χ1n) is 11.0. The Labute approximate surface area is 203 Å². The van der Waals surface area contributed by atoms with Gasteiger partial charge in [-0.1, -0.05) is 0 Å². The van der Waals surface area contributed by atoms with Crippen LogP contribution >= 0.6 is 0 Å². The van der Waals surface area contributed by atoms with E-state index < -0.39 is 36.9 Å². The number of nitrogens with one attached hydrogen (secondary N) is 2. The average Bonchev–Trinajstić information content (AvgIpc) is 3.25. The Balaban J connectivity index is 1.55. The molecule has 0 saturated carbocycles. The van der Waals surface area contributed by atoms with E-state index in [-0.39, 0.29) is 35.9 Å². The van der Waals surface area contributed by atoms with Crippen LogP contribution in [0.5, 0.6) is 5.88 Å². The highest BCUT2D eigenvalue weighted by molar-refractivity contribution is 6.05. The molecule has 2 aliphatic rings. The highest BCUT2D eigenvalue weighted by Crippen LogP contribution is 2.39. The number of urea groups is 1. The van der Waals surface area contributed by atoms with Crippen LogP contribution in [0.2, 0.25) is 0 Å². The van der Waals surface area contributed by atoms with Crippen LogP contribution in [0, 0.1) is 0 Å². The number of ether oxygens (including phenoxy) is 1. The molecule has 0 aromatic carbocycles. The highest BCUT2D eigenvalue weighted by atomic mass is 19.4. The zero-order valence-corrected chi connectivity index (χ0v) is 19.1. The Bertz CT molecular complexity index is 1140. The number of aromatic nitrogens is 3. The van der Waals surface area contributed by atoms with Crippen molar-refractivity contribution in [2.75, 3.05) is 41.4 Å². The molecule has 2 aliphatic heterocycles. The number of amides is 3. The van der Waals surface area contributed by atoms with Gasteiger partial charge in [0.1, 0.15) is 36.6 Å². The maximum absolute atomic E-state index is 13.3. The molecule has 4 N–H and O–H groups in total. The van der Waals surface area contributed by atoms with E-state index in [0.29, 0.717) is 25.2 Å². The highest BCUT2D eigenvalue weighted by Gasteiger charge is 2.41. The van der Waals surface area contributed by atoms with Crippen LogP contribution in [0.3, 0.4) is 0 Å². The number of pyridine rings is 1. The standard InChI is InChI=1S/C21H24F3N7O5/c1-11(21(22,23)24)27-19(34)14-2-3-15-18(28-14)31(12-4-5-30(15)7-12)20(35)29-16-6-17(26-10-25-16)36-9-13(33)8-32/h2-3,6,10-13,32-33H,4-5,7-9H2,1H3,(H,27,34)(H,25,26,29,35)/t11-,12+,13-/m1/s1. The molecule has 4 rings (SSSR count). The van der Waals surface area contributed by atoms with Crippen molar-refractivity contribution in [1.29, 1.82) is 0 Å². The van der Waals surface area contributed by atoms with E-state index in [0.717, 1.165) is 13.3 Å². The number of fused-ring (bicyclic) bond motifs is 4. The number of aliphatic hydroxyl groups excluding tert-OH is 2. The molecule has 2 aromatic heterocycles. The Hall–Kier alpha value is -3.72. The molecule has 2 bridgehead atoms. The number of anilines is 3. The third-order valence-electron chi connectivity index (χ3n) is 5.75. The fraction of sp³-hybridized carbons (Fsp3) is 0.476. The molecule has 0 radical (unpaired) electrons. The van der Waals surface area contributed by atoms with Crippen LogP contribution in [0.1, 0.15) is 23.8 Å². The van der Waals surface area contributed by atoms with Crippen molar-refractivity contribution in [1.82, 2.24) is 20.3 Å². The molecule has 4 heterocycles. The molecule has 2 aromatic rings. The fourth-order valence-corrected chi connectivity index (χ4v) is 3.84. The van der Waals surface area contributed by atoms with Crippen molar-refractivity contribution in [3.63, 3.8) is 0 Å². The van der Waals surface area contributed by atoms with E-state index in [1.807, 2.05) is 10.2 Å². The first-order chi connectivity index (χ1) is 17.1. The predicted octanol–water partition coefficient (Wildman–Crippen LogP) is 0.915. The molecule has 194 valence electrons. The first kappa shape index (κ1) is 25.4. The van der Waals surface area contributed by atoms with Gasteiger partial charge in [0.05, 0.1) is 18.3 Å². The lowest BCUT2D eigenvalue weighted by molar-refractivity contribution is -0.149. The van der Waals surface area contributed by atoms with Gasteiger partial charge in [-0.15, -0.1) is 0 Å². The molecule has 1 saturated heterocycles. The molecule has 3 amide bonds. The number of alkyl halides is 3. The van der Waals surface area contributed by atoms with Gasteiger partial charge in [-0.25, -0.2) is 19.7 Å². The lowest BCUT2D eigenvalue weighted by Gasteiger charge is -2.35. The monoisotopic (exact) mass is 511 g/mol. The topological polar surface area (TPSA) is 153 Å². The Morgan fingerprint density at radius 3 is 2.81 bits per heavy atom. The normalized spacial score (nSPS) is 18.3. The minimum absolute atomic E-state index is 0.0507. The van der Waals surface area contributed by atoms with Crippen LogP contribution in [-0.4, -0.2) is 87.8 Å². The SMILES string of the molecule is C[C@@H](NC(=O)c1ccc2c(n1)N(C(=O)Nc1cc(OC[C@H](O)CO)ncn1)[C@H]1CCN2C1)C(F)(F)F. The maximum atomic E-state index is 13.3. The smallest absolute Gasteiger partial charge is 0.408 e. The summed E-state index contributed by atoms with van der Waals surface area (Å²) in [5.41, 5.74) is 0.314. The molecular formula is C21H24F3N7O5. The van der Waals surface area contributed by atoms with E-state index >= 15 is 0 Å². The van der Waals surface area contributed by atoms with Crippen molar-refractivity contribution in [2.24, 2.45) is 0 Å². The molecule has 12 nitrogen and oxygen atoms in total. The van der Waals surface area contributed by atoms with E-state index in [1.165, 1.54) is 17.0 Å². The number of carbonyl (C=O) groups is 2. The summed E-state index contributed by atoms with van der Waals surface area (Å²) in [7, 11) is 0. The maximum Gasteiger partial charge on any atom is 0.408 e. The van der Waals surface area contributed by atoms with Gasteiger partial charge in [0.15, 0.2) is 5.82 Å². The Kier molecular flexibility index (Phi) is 7.12. The lowest BCUT2D eigenvalue weighted by atomic mass is 10.1. The van der Waals surface area contributed by atoms with Crippen LogP contribution in [0.4, 0.5) is 35.3 Å². The lowest BCUT2D eigenvalue weighted by Crippen LogP contribution is -2.49. The number of halogens is 3. The summed E-state index contributed by atoms with van der Waals surface area (Å²) < 4.78 is 43.9. The number of rotatable bonds is 7. The quantitative estimate of drug-likeness (QED) is 0.425. The van der Waals surface area contributed by atoms with Gasteiger partial charge in [0, 0.05) is 19.2 Å².